The quantitative estimate of drug-likeness (QED) is 0.247. The second-order valence-corrected chi connectivity index (χ2v) is 12.7. The van der Waals surface area contributed by atoms with Crippen molar-refractivity contribution in [2.75, 3.05) is 12.4 Å². The molecule has 0 fully saturated rings. The van der Waals surface area contributed by atoms with E-state index < -0.39 is 47.5 Å². The summed E-state index contributed by atoms with van der Waals surface area (Å²) in [6.07, 6.45) is 0.402. The average Bonchev–Trinajstić information content (AvgIpc) is 2.93. The SMILES string of the molecule is COc1ccc(NC(=O)C(c2cccc(C)c2C)N(C(=O)C(CCC(N)=O)NC(=O)OC(C)(C)C)C(C)CCC(C)C)cc1. The zero-order valence-corrected chi connectivity index (χ0v) is 27.7. The predicted molar refractivity (Wildman–Crippen MR) is 172 cm³/mol. The summed E-state index contributed by atoms with van der Waals surface area (Å²) in [4.78, 5) is 55.1. The number of nitrogens with one attached hydrogen (secondary N) is 2. The molecule has 44 heavy (non-hydrogen) atoms. The third kappa shape index (κ3) is 10.9. The van der Waals surface area contributed by atoms with Crippen LogP contribution in [0.5, 0.6) is 5.75 Å². The number of hydrogen-bond donors (Lipinski definition) is 3. The maximum Gasteiger partial charge on any atom is 0.408 e. The van der Waals surface area contributed by atoms with Crippen LogP contribution < -0.4 is 21.1 Å². The van der Waals surface area contributed by atoms with Crippen LogP contribution in [0.25, 0.3) is 0 Å². The summed E-state index contributed by atoms with van der Waals surface area (Å²) in [7, 11) is 1.56. The number of alkyl carbamates (subject to hydrolysis) is 1. The van der Waals surface area contributed by atoms with Crippen LogP contribution in [0.2, 0.25) is 0 Å². The molecule has 0 aliphatic heterocycles. The molecule has 0 saturated heterocycles. The topological polar surface area (TPSA) is 140 Å². The Hall–Kier alpha value is -4.08. The lowest BCUT2D eigenvalue weighted by Crippen LogP contribution is -2.55. The molecule has 3 unspecified atom stereocenters. The molecule has 10 heteroatoms. The van der Waals surface area contributed by atoms with E-state index in [1.807, 2.05) is 39.0 Å². The van der Waals surface area contributed by atoms with Crippen LogP contribution in [0.1, 0.15) is 90.0 Å². The molecule has 2 aromatic rings. The highest BCUT2D eigenvalue weighted by molar-refractivity contribution is 5.99. The predicted octanol–water partition coefficient (Wildman–Crippen LogP) is 5.80. The van der Waals surface area contributed by atoms with Crippen LogP contribution in [0, 0.1) is 19.8 Å². The van der Waals surface area contributed by atoms with Crippen molar-refractivity contribution in [2.45, 2.75) is 105 Å². The lowest BCUT2D eigenvalue weighted by Gasteiger charge is -2.39. The minimum atomic E-state index is -1.17. The molecule has 242 valence electrons. The normalized spacial score (nSPS) is 13.4. The number of nitrogens with zero attached hydrogens (tertiary/aromatic N) is 1. The van der Waals surface area contributed by atoms with Gasteiger partial charge in [0.05, 0.1) is 7.11 Å². The Morgan fingerprint density at radius 1 is 0.932 bits per heavy atom. The molecule has 0 radical (unpaired) electrons. The number of aryl methyl sites for hydroxylation is 1. The van der Waals surface area contributed by atoms with Crippen LogP contribution in [0.4, 0.5) is 10.5 Å². The molecular formula is C34H50N4O6. The maximum atomic E-state index is 14.6. The van der Waals surface area contributed by atoms with Crippen molar-refractivity contribution in [3.05, 3.63) is 59.2 Å². The highest BCUT2D eigenvalue weighted by atomic mass is 16.6. The minimum absolute atomic E-state index is 0.0551. The van der Waals surface area contributed by atoms with E-state index in [2.05, 4.69) is 24.5 Å². The summed E-state index contributed by atoms with van der Waals surface area (Å²) in [5, 5.41) is 5.64. The molecule has 0 aliphatic carbocycles. The third-order valence-corrected chi connectivity index (χ3v) is 7.38. The number of methoxy groups -OCH3 is 1. The first kappa shape index (κ1) is 36.1. The van der Waals surface area contributed by atoms with Crippen molar-refractivity contribution in [2.24, 2.45) is 11.7 Å². The summed E-state index contributed by atoms with van der Waals surface area (Å²) < 4.78 is 10.7. The largest absolute Gasteiger partial charge is 0.497 e. The number of nitrogens with two attached hydrogens (primary N) is 1. The van der Waals surface area contributed by atoms with Gasteiger partial charge < -0.3 is 30.7 Å². The number of benzene rings is 2. The van der Waals surface area contributed by atoms with Gasteiger partial charge in [-0.1, -0.05) is 32.0 Å². The van der Waals surface area contributed by atoms with Crippen molar-refractivity contribution in [3.63, 3.8) is 0 Å². The van der Waals surface area contributed by atoms with E-state index in [4.69, 9.17) is 15.2 Å². The summed E-state index contributed by atoms with van der Waals surface area (Å²) in [6, 6.07) is 9.95. The Bertz CT molecular complexity index is 1290. The first-order valence-electron chi connectivity index (χ1n) is 15.1. The fourth-order valence-corrected chi connectivity index (χ4v) is 4.86. The molecule has 0 saturated carbocycles. The highest BCUT2D eigenvalue weighted by Crippen LogP contribution is 2.32. The first-order valence-corrected chi connectivity index (χ1v) is 15.1. The average molecular weight is 611 g/mol. The summed E-state index contributed by atoms with van der Waals surface area (Å²) in [6.45, 7) is 15.1. The van der Waals surface area contributed by atoms with Gasteiger partial charge in [-0.25, -0.2) is 4.79 Å². The van der Waals surface area contributed by atoms with Crippen LogP contribution >= 0.6 is 0 Å². The Morgan fingerprint density at radius 2 is 1.57 bits per heavy atom. The molecule has 4 N–H and O–H groups in total. The van der Waals surface area contributed by atoms with Gasteiger partial charge in [-0.2, -0.15) is 0 Å². The van der Waals surface area contributed by atoms with E-state index in [1.54, 1.807) is 57.0 Å². The number of carbonyl (C=O) groups excluding carboxylic acids is 4. The number of rotatable bonds is 14. The molecule has 4 amide bonds. The molecule has 2 aromatic carbocycles. The number of ether oxygens (including phenoxy) is 2. The summed E-state index contributed by atoms with van der Waals surface area (Å²) in [5.41, 5.74) is 7.66. The van der Waals surface area contributed by atoms with Crippen molar-refractivity contribution in [1.29, 1.82) is 0 Å². The minimum Gasteiger partial charge on any atom is -0.497 e. The molecule has 0 spiro atoms. The van der Waals surface area contributed by atoms with Gasteiger partial charge >= 0.3 is 6.09 Å². The van der Waals surface area contributed by atoms with E-state index >= 15 is 0 Å². The molecule has 0 aliphatic rings. The second kappa shape index (κ2) is 16.1. The van der Waals surface area contributed by atoms with Gasteiger partial charge in [0.25, 0.3) is 5.91 Å². The molecule has 0 bridgehead atoms. The zero-order valence-electron chi connectivity index (χ0n) is 27.7. The van der Waals surface area contributed by atoms with Crippen molar-refractivity contribution in [3.8, 4) is 5.75 Å². The van der Waals surface area contributed by atoms with Gasteiger partial charge in [-0.3, -0.25) is 14.4 Å². The van der Waals surface area contributed by atoms with E-state index in [0.717, 1.165) is 17.5 Å². The Balaban J connectivity index is 2.69. The number of hydrogen-bond acceptors (Lipinski definition) is 6. The Morgan fingerprint density at radius 3 is 2.11 bits per heavy atom. The van der Waals surface area contributed by atoms with Gasteiger partial charge in [0.1, 0.15) is 23.4 Å². The fraction of sp³-hybridized carbons (Fsp3) is 0.529. The summed E-state index contributed by atoms with van der Waals surface area (Å²) in [5.74, 6) is -0.550. The molecule has 3 atom stereocenters. The van der Waals surface area contributed by atoms with E-state index in [1.165, 1.54) is 0 Å². The Kier molecular flexibility index (Phi) is 13.2. The smallest absolute Gasteiger partial charge is 0.408 e. The van der Waals surface area contributed by atoms with Crippen molar-refractivity contribution in [1.82, 2.24) is 10.2 Å². The number of anilines is 1. The maximum absolute atomic E-state index is 14.6. The van der Waals surface area contributed by atoms with Crippen molar-refractivity contribution < 1.29 is 28.7 Å². The monoisotopic (exact) mass is 610 g/mol. The van der Waals surface area contributed by atoms with Crippen LogP contribution in [0.15, 0.2) is 42.5 Å². The van der Waals surface area contributed by atoms with E-state index in [0.29, 0.717) is 29.3 Å². The lowest BCUT2D eigenvalue weighted by atomic mass is 9.92. The van der Waals surface area contributed by atoms with Crippen LogP contribution in [0.3, 0.4) is 0 Å². The van der Waals surface area contributed by atoms with Gasteiger partial charge in [-0.05, 0) is 108 Å². The summed E-state index contributed by atoms with van der Waals surface area (Å²) >= 11 is 0. The van der Waals surface area contributed by atoms with Crippen LogP contribution in [-0.2, 0) is 19.1 Å². The van der Waals surface area contributed by atoms with E-state index in [-0.39, 0.29) is 12.8 Å². The third-order valence-electron chi connectivity index (χ3n) is 7.38. The first-order chi connectivity index (χ1) is 20.5. The standard InChI is InChI=1S/C34H50N4O6/c1-21(2)13-14-23(4)38(32(41)28(19-20-29(35)39)37-33(42)44-34(6,7)8)30(27-12-10-11-22(3)24(27)5)31(40)36-25-15-17-26(43-9)18-16-25/h10-12,15-18,21,23,28,30H,13-14,19-20H2,1-9H3,(H2,35,39)(H,36,40)(H,37,42). The highest BCUT2D eigenvalue weighted by Gasteiger charge is 2.39. The van der Waals surface area contributed by atoms with Gasteiger partial charge in [-0.15, -0.1) is 0 Å². The fourth-order valence-electron chi connectivity index (χ4n) is 4.86. The van der Waals surface area contributed by atoms with Crippen LogP contribution in [-0.4, -0.2) is 53.5 Å². The second-order valence-electron chi connectivity index (χ2n) is 12.7. The Labute approximate surface area is 262 Å². The number of primary amides is 1. The molecular weight excluding hydrogens is 560 g/mol. The van der Waals surface area contributed by atoms with Crippen molar-refractivity contribution >= 4 is 29.5 Å². The molecule has 0 aromatic heterocycles. The molecule has 0 heterocycles. The number of carbonyl (C=O) groups is 4. The van der Waals surface area contributed by atoms with Gasteiger partial charge in [0.15, 0.2) is 0 Å². The number of amides is 4. The lowest BCUT2D eigenvalue weighted by molar-refractivity contribution is -0.143. The zero-order chi connectivity index (χ0) is 33.2. The van der Waals surface area contributed by atoms with E-state index in [9.17, 15) is 19.2 Å². The molecule has 10 nitrogen and oxygen atoms in total. The van der Waals surface area contributed by atoms with Gasteiger partial charge in [0, 0.05) is 18.2 Å². The molecule has 2 rings (SSSR count). The van der Waals surface area contributed by atoms with Gasteiger partial charge in [0.2, 0.25) is 11.8 Å².